The number of pyridine rings is 1. The molecule has 1 heterocycles. The van der Waals surface area contributed by atoms with Crippen molar-refractivity contribution in [2.24, 2.45) is 10.9 Å². The first-order valence-corrected chi connectivity index (χ1v) is 6.68. The maximum Gasteiger partial charge on any atom is 0.188 e. The van der Waals surface area contributed by atoms with Gasteiger partial charge >= 0.3 is 0 Å². The SMILES string of the molecule is NC(=NO)c1cc(Sc2ccccc2Br)ccn1. The molecule has 0 saturated carbocycles. The van der Waals surface area contributed by atoms with Crippen LogP contribution in [0.15, 0.2) is 62.0 Å². The molecule has 2 rings (SSSR count). The molecule has 3 N–H and O–H groups in total. The van der Waals surface area contributed by atoms with Gasteiger partial charge in [0.25, 0.3) is 0 Å². The normalized spacial score (nSPS) is 11.5. The quantitative estimate of drug-likeness (QED) is 0.394. The van der Waals surface area contributed by atoms with Crippen LogP contribution in [-0.2, 0) is 0 Å². The number of halogens is 1. The van der Waals surface area contributed by atoms with Crippen LogP contribution >= 0.6 is 27.7 Å². The van der Waals surface area contributed by atoms with E-state index in [1.165, 1.54) is 0 Å². The highest BCUT2D eigenvalue weighted by atomic mass is 79.9. The second kappa shape index (κ2) is 5.88. The van der Waals surface area contributed by atoms with Gasteiger partial charge in [0.1, 0.15) is 5.69 Å². The zero-order chi connectivity index (χ0) is 13.0. The third-order valence-electron chi connectivity index (χ3n) is 2.17. The molecule has 0 saturated heterocycles. The summed E-state index contributed by atoms with van der Waals surface area (Å²) < 4.78 is 1.03. The summed E-state index contributed by atoms with van der Waals surface area (Å²) in [4.78, 5) is 6.10. The molecule has 0 unspecified atom stereocenters. The van der Waals surface area contributed by atoms with E-state index in [1.807, 2.05) is 30.3 Å². The first kappa shape index (κ1) is 12.9. The molecule has 0 atom stereocenters. The Bertz CT molecular complexity index is 589. The van der Waals surface area contributed by atoms with Crippen LogP contribution in [0.2, 0.25) is 0 Å². The molecular formula is C12H10BrN3OS. The Morgan fingerprint density at radius 3 is 2.83 bits per heavy atom. The molecular weight excluding hydrogens is 314 g/mol. The summed E-state index contributed by atoms with van der Waals surface area (Å²) in [5, 5.41) is 11.6. The number of oxime groups is 1. The minimum atomic E-state index is 0.00424. The number of aromatic nitrogens is 1. The second-order valence-electron chi connectivity index (χ2n) is 3.39. The summed E-state index contributed by atoms with van der Waals surface area (Å²) in [5.74, 6) is 0.00424. The summed E-state index contributed by atoms with van der Waals surface area (Å²) in [6.07, 6.45) is 1.63. The highest BCUT2D eigenvalue weighted by Crippen LogP contribution is 2.33. The van der Waals surface area contributed by atoms with Crippen LogP contribution in [0, 0.1) is 0 Å². The molecule has 0 aliphatic rings. The maximum atomic E-state index is 8.62. The third kappa shape index (κ3) is 3.02. The molecule has 1 aromatic heterocycles. The van der Waals surface area contributed by atoms with Gasteiger partial charge in [-0.3, -0.25) is 4.98 Å². The topological polar surface area (TPSA) is 71.5 Å². The van der Waals surface area contributed by atoms with Crippen LogP contribution in [0.25, 0.3) is 0 Å². The molecule has 0 spiro atoms. The van der Waals surface area contributed by atoms with Gasteiger partial charge in [0.05, 0.1) is 0 Å². The zero-order valence-electron chi connectivity index (χ0n) is 9.25. The molecule has 0 bridgehead atoms. The first-order valence-electron chi connectivity index (χ1n) is 5.07. The summed E-state index contributed by atoms with van der Waals surface area (Å²) in [6.45, 7) is 0. The summed E-state index contributed by atoms with van der Waals surface area (Å²) in [7, 11) is 0. The van der Waals surface area contributed by atoms with E-state index in [1.54, 1.807) is 24.0 Å². The Labute approximate surface area is 117 Å². The molecule has 0 radical (unpaired) electrons. The highest BCUT2D eigenvalue weighted by molar-refractivity contribution is 9.10. The number of amidine groups is 1. The van der Waals surface area contributed by atoms with Crippen molar-refractivity contribution in [2.45, 2.75) is 9.79 Å². The first-order chi connectivity index (χ1) is 8.70. The molecule has 2 aromatic rings. The molecule has 0 amide bonds. The molecule has 92 valence electrons. The summed E-state index contributed by atoms with van der Waals surface area (Å²) in [5.41, 5.74) is 5.96. The van der Waals surface area contributed by atoms with Crippen LogP contribution in [0.4, 0.5) is 0 Å². The van der Waals surface area contributed by atoms with E-state index in [2.05, 4.69) is 26.1 Å². The van der Waals surface area contributed by atoms with E-state index in [-0.39, 0.29) is 5.84 Å². The Balaban J connectivity index is 2.28. The van der Waals surface area contributed by atoms with E-state index in [0.29, 0.717) is 5.69 Å². The molecule has 0 aliphatic carbocycles. The van der Waals surface area contributed by atoms with E-state index in [4.69, 9.17) is 10.9 Å². The van der Waals surface area contributed by atoms with Gasteiger partial charge in [0, 0.05) is 20.5 Å². The molecule has 0 fully saturated rings. The Hall–Kier alpha value is -1.53. The molecule has 6 heteroatoms. The third-order valence-corrected chi connectivity index (χ3v) is 4.19. The van der Waals surface area contributed by atoms with Crippen molar-refractivity contribution in [3.8, 4) is 0 Å². The fraction of sp³-hybridized carbons (Fsp3) is 0. The largest absolute Gasteiger partial charge is 0.409 e. The van der Waals surface area contributed by atoms with Crippen molar-refractivity contribution in [1.29, 1.82) is 0 Å². The zero-order valence-corrected chi connectivity index (χ0v) is 11.6. The summed E-state index contributed by atoms with van der Waals surface area (Å²) in [6, 6.07) is 11.6. The van der Waals surface area contributed by atoms with Crippen molar-refractivity contribution >= 4 is 33.5 Å². The highest BCUT2D eigenvalue weighted by Gasteiger charge is 2.05. The average Bonchev–Trinajstić information content (AvgIpc) is 2.41. The van der Waals surface area contributed by atoms with Crippen LogP contribution < -0.4 is 5.73 Å². The van der Waals surface area contributed by atoms with E-state index < -0.39 is 0 Å². The molecule has 18 heavy (non-hydrogen) atoms. The maximum absolute atomic E-state index is 8.62. The van der Waals surface area contributed by atoms with Gasteiger partial charge in [-0.1, -0.05) is 29.1 Å². The van der Waals surface area contributed by atoms with Crippen molar-refractivity contribution in [2.75, 3.05) is 0 Å². The lowest BCUT2D eigenvalue weighted by atomic mass is 10.3. The minimum Gasteiger partial charge on any atom is -0.409 e. The predicted molar refractivity (Wildman–Crippen MR) is 75.0 cm³/mol. The van der Waals surface area contributed by atoms with Crippen molar-refractivity contribution in [3.05, 3.63) is 52.8 Å². The number of hydrogen-bond acceptors (Lipinski definition) is 4. The van der Waals surface area contributed by atoms with Crippen LogP contribution in [0.1, 0.15) is 5.69 Å². The van der Waals surface area contributed by atoms with Gasteiger partial charge in [0.15, 0.2) is 5.84 Å². The standard InChI is InChI=1S/C12H10BrN3OS/c13-9-3-1-2-4-11(9)18-8-5-6-15-10(7-8)12(14)16-17/h1-7,17H,(H2,14,16). The lowest BCUT2D eigenvalue weighted by Crippen LogP contribution is -2.14. The van der Waals surface area contributed by atoms with Crippen LogP contribution in [-0.4, -0.2) is 16.0 Å². The van der Waals surface area contributed by atoms with Gasteiger partial charge in [-0.2, -0.15) is 0 Å². The smallest absolute Gasteiger partial charge is 0.188 e. The van der Waals surface area contributed by atoms with Gasteiger partial charge in [0.2, 0.25) is 0 Å². The fourth-order valence-electron chi connectivity index (χ4n) is 1.32. The van der Waals surface area contributed by atoms with E-state index in [9.17, 15) is 0 Å². The van der Waals surface area contributed by atoms with Crippen molar-refractivity contribution in [3.63, 3.8) is 0 Å². The number of hydrogen-bond donors (Lipinski definition) is 2. The fourth-order valence-corrected chi connectivity index (χ4v) is 2.71. The molecule has 4 nitrogen and oxygen atoms in total. The lowest BCUT2D eigenvalue weighted by Gasteiger charge is -2.05. The van der Waals surface area contributed by atoms with Gasteiger partial charge in [-0.05, 0) is 40.2 Å². The second-order valence-corrected chi connectivity index (χ2v) is 5.36. The van der Waals surface area contributed by atoms with E-state index in [0.717, 1.165) is 14.3 Å². The monoisotopic (exact) mass is 323 g/mol. The van der Waals surface area contributed by atoms with Crippen LogP contribution in [0.5, 0.6) is 0 Å². The van der Waals surface area contributed by atoms with Gasteiger partial charge in [-0.25, -0.2) is 0 Å². The molecule has 1 aromatic carbocycles. The number of nitrogens with zero attached hydrogens (tertiary/aromatic N) is 2. The Morgan fingerprint density at radius 1 is 1.33 bits per heavy atom. The lowest BCUT2D eigenvalue weighted by molar-refractivity contribution is 0.318. The van der Waals surface area contributed by atoms with E-state index >= 15 is 0 Å². The Kier molecular flexibility index (Phi) is 4.22. The number of nitrogens with two attached hydrogens (primary N) is 1. The minimum absolute atomic E-state index is 0.00424. The number of benzene rings is 1. The Morgan fingerprint density at radius 2 is 2.11 bits per heavy atom. The number of rotatable bonds is 3. The van der Waals surface area contributed by atoms with Crippen molar-refractivity contribution in [1.82, 2.24) is 4.98 Å². The predicted octanol–water partition coefficient (Wildman–Crippen LogP) is 3.09. The average molecular weight is 324 g/mol. The van der Waals surface area contributed by atoms with Crippen LogP contribution in [0.3, 0.4) is 0 Å². The van der Waals surface area contributed by atoms with Gasteiger partial charge < -0.3 is 10.9 Å². The van der Waals surface area contributed by atoms with Gasteiger partial charge in [-0.15, -0.1) is 0 Å². The van der Waals surface area contributed by atoms with Crippen molar-refractivity contribution < 1.29 is 5.21 Å². The molecule has 0 aliphatic heterocycles. The summed E-state index contributed by atoms with van der Waals surface area (Å²) >= 11 is 5.07.